The minimum atomic E-state index is -0.526. The maximum Gasteiger partial charge on any atom is 0.338 e. The van der Waals surface area contributed by atoms with Crippen LogP contribution >= 0.6 is 0 Å². The van der Waals surface area contributed by atoms with E-state index in [9.17, 15) is 9.59 Å². The molecule has 0 radical (unpaired) electrons. The topological polar surface area (TPSA) is 69.4 Å². The van der Waals surface area contributed by atoms with E-state index in [2.05, 4.69) is 0 Å². The molecule has 0 bridgehead atoms. The molecule has 1 rings (SSSR count). The third kappa shape index (κ3) is 3.57. The Morgan fingerprint density at radius 3 is 2.81 bits per heavy atom. The Labute approximate surface area is 93.7 Å². The number of ether oxygens (including phenoxy) is 1. The molecule has 0 fully saturated rings. The van der Waals surface area contributed by atoms with Crippen molar-refractivity contribution in [3.63, 3.8) is 0 Å². The molecule has 0 spiro atoms. The van der Waals surface area contributed by atoms with Crippen molar-refractivity contribution < 1.29 is 14.3 Å². The lowest BCUT2D eigenvalue weighted by molar-refractivity contribution is -0.113. The number of carbonyl (C=O) groups is 2. The van der Waals surface area contributed by atoms with Gasteiger partial charge in [-0.2, -0.15) is 0 Å². The number of amides is 1. The summed E-state index contributed by atoms with van der Waals surface area (Å²) in [4.78, 5) is 21.9. The molecule has 0 aliphatic carbocycles. The Hall–Kier alpha value is -2.10. The van der Waals surface area contributed by atoms with Crippen LogP contribution in [-0.2, 0) is 9.53 Å². The van der Waals surface area contributed by atoms with Gasteiger partial charge in [-0.1, -0.05) is 12.1 Å². The number of primary amides is 1. The van der Waals surface area contributed by atoms with E-state index in [1.54, 1.807) is 37.3 Å². The molecule has 0 aromatic heterocycles. The summed E-state index contributed by atoms with van der Waals surface area (Å²) < 4.78 is 4.85. The zero-order valence-electron chi connectivity index (χ0n) is 8.97. The highest BCUT2D eigenvalue weighted by Crippen LogP contribution is 2.08. The third-order valence-electron chi connectivity index (χ3n) is 1.84. The molecule has 1 aromatic rings. The number of hydrogen-bond donors (Lipinski definition) is 1. The van der Waals surface area contributed by atoms with E-state index in [4.69, 9.17) is 10.5 Å². The number of rotatable bonds is 4. The predicted molar refractivity (Wildman–Crippen MR) is 60.6 cm³/mol. The van der Waals surface area contributed by atoms with E-state index in [0.29, 0.717) is 12.2 Å². The Kier molecular flexibility index (Phi) is 4.27. The lowest BCUT2D eigenvalue weighted by atomic mass is 10.1. The molecule has 16 heavy (non-hydrogen) atoms. The maximum absolute atomic E-state index is 11.4. The quantitative estimate of drug-likeness (QED) is 0.614. The number of benzene rings is 1. The Balaban J connectivity index is 2.86. The van der Waals surface area contributed by atoms with Crippen molar-refractivity contribution in [3.8, 4) is 0 Å². The Bertz CT molecular complexity index is 424. The summed E-state index contributed by atoms with van der Waals surface area (Å²) in [7, 11) is 0. The van der Waals surface area contributed by atoms with Crippen molar-refractivity contribution >= 4 is 18.0 Å². The Morgan fingerprint density at radius 1 is 1.44 bits per heavy atom. The van der Waals surface area contributed by atoms with Gasteiger partial charge in [0.1, 0.15) is 0 Å². The first-order valence-corrected chi connectivity index (χ1v) is 4.88. The van der Waals surface area contributed by atoms with Gasteiger partial charge in [0.15, 0.2) is 0 Å². The second kappa shape index (κ2) is 5.70. The van der Waals surface area contributed by atoms with Crippen LogP contribution in [0.15, 0.2) is 30.3 Å². The van der Waals surface area contributed by atoms with Crippen LogP contribution in [-0.4, -0.2) is 18.5 Å². The number of esters is 1. The largest absolute Gasteiger partial charge is 0.462 e. The molecule has 0 unspecified atom stereocenters. The molecule has 84 valence electrons. The molecule has 4 nitrogen and oxygen atoms in total. The lowest BCUT2D eigenvalue weighted by Crippen LogP contribution is -2.05. The highest BCUT2D eigenvalue weighted by Gasteiger charge is 2.05. The molecule has 0 atom stereocenters. The highest BCUT2D eigenvalue weighted by atomic mass is 16.5. The maximum atomic E-state index is 11.4. The molecular formula is C12H13NO3. The monoisotopic (exact) mass is 219 g/mol. The van der Waals surface area contributed by atoms with Crippen LogP contribution in [0.5, 0.6) is 0 Å². The minimum absolute atomic E-state index is 0.334. The number of carbonyl (C=O) groups excluding carboxylic acids is 2. The van der Waals surface area contributed by atoms with E-state index < -0.39 is 5.91 Å². The van der Waals surface area contributed by atoms with Gasteiger partial charge in [0, 0.05) is 6.08 Å². The highest BCUT2D eigenvalue weighted by molar-refractivity contribution is 5.92. The van der Waals surface area contributed by atoms with Gasteiger partial charge in [-0.05, 0) is 30.7 Å². The summed E-state index contributed by atoms with van der Waals surface area (Å²) in [5, 5.41) is 0. The van der Waals surface area contributed by atoms with Crippen molar-refractivity contribution in [2.45, 2.75) is 6.92 Å². The number of hydrogen-bond acceptors (Lipinski definition) is 3. The van der Waals surface area contributed by atoms with E-state index in [1.165, 1.54) is 6.08 Å². The van der Waals surface area contributed by atoms with Crippen molar-refractivity contribution in [1.29, 1.82) is 0 Å². The summed E-state index contributed by atoms with van der Waals surface area (Å²) >= 11 is 0. The van der Waals surface area contributed by atoms with Crippen LogP contribution in [0.3, 0.4) is 0 Å². The van der Waals surface area contributed by atoms with Crippen LogP contribution in [0, 0.1) is 0 Å². The summed E-state index contributed by atoms with van der Waals surface area (Å²) in [5.41, 5.74) is 6.15. The third-order valence-corrected chi connectivity index (χ3v) is 1.84. The van der Waals surface area contributed by atoms with Crippen LogP contribution in [0.2, 0.25) is 0 Å². The molecule has 4 heteroatoms. The fraction of sp³-hybridized carbons (Fsp3) is 0.167. The second-order valence-electron chi connectivity index (χ2n) is 3.08. The first-order valence-electron chi connectivity index (χ1n) is 4.88. The fourth-order valence-electron chi connectivity index (χ4n) is 1.16. The molecule has 2 N–H and O–H groups in total. The zero-order chi connectivity index (χ0) is 12.0. The van der Waals surface area contributed by atoms with Crippen molar-refractivity contribution in [2.75, 3.05) is 6.61 Å². The van der Waals surface area contributed by atoms with Crippen molar-refractivity contribution in [2.24, 2.45) is 5.73 Å². The van der Waals surface area contributed by atoms with Gasteiger partial charge in [-0.15, -0.1) is 0 Å². The van der Waals surface area contributed by atoms with Crippen molar-refractivity contribution in [1.82, 2.24) is 0 Å². The normalized spacial score (nSPS) is 10.3. The second-order valence-corrected chi connectivity index (χ2v) is 3.08. The summed E-state index contributed by atoms with van der Waals surface area (Å²) in [6.07, 6.45) is 2.79. The van der Waals surface area contributed by atoms with Gasteiger partial charge in [-0.3, -0.25) is 4.79 Å². The zero-order valence-corrected chi connectivity index (χ0v) is 8.97. The molecule has 0 saturated carbocycles. The summed E-state index contributed by atoms with van der Waals surface area (Å²) in [5.74, 6) is -0.904. The lowest BCUT2D eigenvalue weighted by Gasteiger charge is -2.02. The van der Waals surface area contributed by atoms with E-state index in [-0.39, 0.29) is 5.97 Å². The molecule has 0 aliphatic rings. The smallest absolute Gasteiger partial charge is 0.338 e. The summed E-state index contributed by atoms with van der Waals surface area (Å²) in [6.45, 7) is 2.08. The van der Waals surface area contributed by atoms with Crippen LogP contribution in [0.25, 0.3) is 6.08 Å². The van der Waals surface area contributed by atoms with Gasteiger partial charge in [-0.25, -0.2) is 4.79 Å². The van der Waals surface area contributed by atoms with Gasteiger partial charge in [0.2, 0.25) is 5.91 Å². The average molecular weight is 219 g/mol. The molecular weight excluding hydrogens is 206 g/mol. The van der Waals surface area contributed by atoms with Crippen LogP contribution < -0.4 is 5.73 Å². The van der Waals surface area contributed by atoms with Gasteiger partial charge < -0.3 is 10.5 Å². The average Bonchev–Trinajstić information content (AvgIpc) is 2.27. The molecule has 0 heterocycles. The first-order chi connectivity index (χ1) is 7.63. The van der Waals surface area contributed by atoms with Crippen LogP contribution in [0.4, 0.5) is 0 Å². The standard InChI is InChI=1S/C12H13NO3/c1-2-16-12(15)10-5-3-4-9(8-10)6-7-11(13)14/h3-8H,2H2,1H3,(H2,13,14)/b7-6-. The van der Waals surface area contributed by atoms with E-state index in [1.807, 2.05) is 0 Å². The van der Waals surface area contributed by atoms with Gasteiger partial charge in [0.25, 0.3) is 0 Å². The van der Waals surface area contributed by atoms with E-state index >= 15 is 0 Å². The minimum Gasteiger partial charge on any atom is -0.462 e. The SMILES string of the molecule is CCOC(=O)c1cccc(/C=C\C(N)=O)c1. The van der Waals surface area contributed by atoms with Gasteiger partial charge >= 0.3 is 5.97 Å². The predicted octanol–water partition coefficient (Wildman–Crippen LogP) is 1.36. The fourth-order valence-corrected chi connectivity index (χ4v) is 1.16. The molecule has 1 amide bonds. The van der Waals surface area contributed by atoms with E-state index in [0.717, 1.165) is 5.56 Å². The van der Waals surface area contributed by atoms with Gasteiger partial charge in [0.05, 0.1) is 12.2 Å². The summed E-state index contributed by atoms with van der Waals surface area (Å²) in [6, 6.07) is 6.77. The van der Waals surface area contributed by atoms with Crippen LogP contribution in [0.1, 0.15) is 22.8 Å². The van der Waals surface area contributed by atoms with Crippen molar-refractivity contribution in [3.05, 3.63) is 41.5 Å². The molecule has 1 aromatic carbocycles. The molecule has 0 saturated heterocycles. The molecule has 0 aliphatic heterocycles. The number of nitrogens with two attached hydrogens (primary N) is 1. The Morgan fingerprint density at radius 2 is 2.19 bits per heavy atom. The first kappa shape index (κ1) is 12.0.